The Kier molecular flexibility index (Phi) is 6.45. The molecule has 0 saturated carbocycles. The largest absolute Gasteiger partial charge is 0.507 e. The monoisotopic (exact) mass is 348 g/mol. The van der Waals surface area contributed by atoms with Crippen molar-refractivity contribution < 1.29 is 19.4 Å². The molecule has 7 heteroatoms. The fourth-order valence-corrected chi connectivity index (χ4v) is 2.00. The van der Waals surface area contributed by atoms with E-state index in [0.717, 1.165) is 0 Å². The molecule has 0 aromatic heterocycles. The van der Waals surface area contributed by atoms with Crippen LogP contribution in [-0.2, 0) is 4.79 Å². The van der Waals surface area contributed by atoms with Crippen molar-refractivity contribution in [3.8, 4) is 17.2 Å². The molecule has 0 aliphatic rings. The van der Waals surface area contributed by atoms with Gasteiger partial charge in [-0.25, -0.2) is 5.43 Å². The van der Waals surface area contributed by atoms with Gasteiger partial charge in [0.25, 0.3) is 5.91 Å². The van der Waals surface area contributed by atoms with Gasteiger partial charge in [0.05, 0.1) is 12.8 Å². The summed E-state index contributed by atoms with van der Waals surface area (Å²) in [4.78, 5) is 11.7. The molecule has 2 N–H and O–H groups in total. The van der Waals surface area contributed by atoms with Crippen molar-refractivity contribution in [3.05, 3.63) is 53.1 Å². The van der Waals surface area contributed by atoms with Crippen LogP contribution < -0.4 is 14.9 Å². The molecule has 2 rings (SSSR count). The first-order valence-corrected chi connectivity index (χ1v) is 7.63. The first-order chi connectivity index (χ1) is 11.6. The van der Waals surface area contributed by atoms with Gasteiger partial charge in [-0.05, 0) is 37.3 Å². The summed E-state index contributed by atoms with van der Waals surface area (Å²) in [6.07, 6.45) is 1.30. The maximum atomic E-state index is 11.7. The van der Waals surface area contributed by atoms with Crippen molar-refractivity contribution >= 4 is 23.7 Å². The lowest BCUT2D eigenvalue weighted by Crippen LogP contribution is -2.24. The predicted octanol–water partition coefficient (Wildman–Crippen LogP) is 2.97. The SMILES string of the molecule is CCOc1ccccc1OCC(=O)NN=Cc1cc(Cl)ccc1O. The van der Waals surface area contributed by atoms with Gasteiger partial charge in [0.1, 0.15) is 5.75 Å². The van der Waals surface area contributed by atoms with Crippen molar-refractivity contribution in [2.75, 3.05) is 13.2 Å². The van der Waals surface area contributed by atoms with Crippen LogP contribution in [0.3, 0.4) is 0 Å². The highest BCUT2D eigenvalue weighted by molar-refractivity contribution is 6.30. The Hall–Kier alpha value is -2.73. The molecule has 126 valence electrons. The van der Waals surface area contributed by atoms with E-state index in [1.54, 1.807) is 24.3 Å². The molecule has 24 heavy (non-hydrogen) atoms. The number of hydrazone groups is 1. The zero-order valence-electron chi connectivity index (χ0n) is 13.0. The fraction of sp³-hybridized carbons (Fsp3) is 0.176. The third-order valence-corrected chi connectivity index (χ3v) is 3.13. The zero-order chi connectivity index (χ0) is 17.4. The molecule has 0 saturated heterocycles. The highest BCUT2D eigenvalue weighted by Gasteiger charge is 2.06. The van der Waals surface area contributed by atoms with Crippen LogP contribution >= 0.6 is 11.6 Å². The Balaban J connectivity index is 1.88. The van der Waals surface area contributed by atoms with E-state index >= 15 is 0 Å². The lowest BCUT2D eigenvalue weighted by atomic mass is 10.2. The average Bonchev–Trinajstić information content (AvgIpc) is 2.57. The Bertz CT molecular complexity index is 734. The summed E-state index contributed by atoms with van der Waals surface area (Å²) in [5.41, 5.74) is 2.70. The number of halogens is 1. The number of nitrogens with one attached hydrogen (secondary N) is 1. The van der Waals surface area contributed by atoms with E-state index in [9.17, 15) is 9.90 Å². The van der Waals surface area contributed by atoms with Crippen LogP contribution in [0.25, 0.3) is 0 Å². The maximum Gasteiger partial charge on any atom is 0.277 e. The van der Waals surface area contributed by atoms with E-state index in [-0.39, 0.29) is 12.4 Å². The van der Waals surface area contributed by atoms with Gasteiger partial charge in [-0.3, -0.25) is 4.79 Å². The molecule has 0 spiro atoms. The number of benzene rings is 2. The van der Waals surface area contributed by atoms with Gasteiger partial charge in [0, 0.05) is 10.6 Å². The lowest BCUT2D eigenvalue weighted by molar-refractivity contribution is -0.123. The minimum atomic E-state index is -0.445. The first kappa shape index (κ1) is 17.6. The molecule has 0 aliphatic heterocycles. The first-order valence-electron chi connectivity index (χ1n) is 7.25. The Morgan fingerprint density at radius 1 is 1.25 bits per heavy atom. The minimum absolute atomic E-state index is 0.0132. The Labute approximate surface area is 144 Å². The smallest absolute Gasteiger partial charge is 0.277 e. The number of aromatic hydroxyl groups is 1. The van der Waals surface area contributed by atoms with Crippen LogP contribution in [0, 0.1) is 0 Å². The summed E-state index contributed by atoms with van der Waals surface area (Å²) < 4.78 is 10.8. The number of rotatable bonds is 7. The zero-order valence-corrected chi connectivity index (χ0v) is 13.8. The maximum absolute atomic E-state index is 11.7. The van der Waals surface area contributed by atoms with Crippen molar-refractivity contribution in [1.29, 1.82) is 0 Å². The van der Waals surface area contributed by atoms with Crippen molar-refractivity contribution in [2.24, 2.45) is 5.10 Å². The minimum Gasteiger partial charge on any atom is -0.507 e. The Morgan fingerprint density at radius 3 is 2.67 bits per heavy atom. The highest BCUT2D eigenvalue weighted by atomic mass is 35.5. The van der Waals surface area contributed by atoms with Crippen LogP contribution in [0.15, 0.2) is 47.6 Å². The quantitative estimate of drug-likeness (QED) is 0.595. The summed E-state index contributed by atoms with van der Waals surface area (Å²) in [7, 11) is 0. The van der Waals surface area contributed by atoms with E-state index in [0.29, 0.717) is 28.7 Å². The van der Waals surface area contributed by atoms with Crippen molar-refractivity contribution in [3.63, 3.8) is 0 Å². The summed E-state index contributed by atoms with van der Waals surface area (Å²) >= 11 is 5.82. The number of hydrogen-bond donors (Lipinski definition) is 2. The van der Waals surface area contributed by atoms with Crippen LogP contribution in [0.4, 0.5) is 0 Å². The third-order valence-electron chi connectivity index (χ3n) is 2.89. The van der Waals surface area contributed by atoms with Crippen LogP contribution in [0.2, 0.25) is 5.02 Å². The average molecular weight is 349 g/mol. The molecule has 1 amide bonds. The van der Waals surface area contributed by atoms with Gasteiger partial charge in [-0.15, -0.1) is 0 Å². The summed E-state index contributed by atoms with van der Waals surface area (Å²) in [6, 6.07) is 11.6. The van der Waals surface area contributed by atoms with Gasteiger partial charge >= 0.3 is 0 Å². The molecule has 0 atom stereocenters. The number of nitrogens with zero attached hydrogens (tertiary/aromatic N) is 1. The third kappa shape index (κ3) is 5.17. The molecule has 0 aliphatic carbocycles. The molecular formula is C17H17ClN2O4. The molecule has 0 heterocycles. The van der Waals surface area contributed by atoms with Crippen molar-refractivity contribution in [1.82, 2.24) is 5.43 Å². The number of ether oxygens (including phenoxy) is 2. The standard InChI is InChI=1S/C17H17ClN2O4/c1-2-23-15-5-3-4-6-16(15)24-11-17(22)20-19-10-12-9-13(18)7-8-14(12)21/h3-10,21H,2,11H2,1H3,(H,20,22). The summed E-state index contributed by atoms with van der Waals surface area (Å²) in [6.45, 7) is 2.15. The normalized spacial score (nSPS) is 10.6. The number of carbonyl (C=O) groups excluding carboxylic acids is 1. The molecule has 2 aromatic rings. The van der Waals surface area contributed by atoms with E-state index in [2.05, 4.69) is 10.5 Å². The van der Waals surface area contributed by atoms with Gasteiger partial charge in [-0.1, -0.05) is 23.7 Å². The number of para-hydroxylation sites is 2. The topological polar surface area (TPSA) is 80.2 Å². The molecule has 0 bridgehead atoms. The van der Waals surface area contributed by atoms with Crippen LogP contribution in [0.5, 0.6) is 17.2 Å². The van der Waals surface area contributed by atoms with E-state index < -0.39 is 5.91 Å². The number of hydrogen-bond acceptors (Lipinski definition) is 5. The predicted molar refractivity (Wildman–Crippen MR) is 92.0 cm³/mol. The van der Waals surface area contributed by atoms with E-state index in [1.807, 2.05) is 13.0 Å². The van der Waals surface area contributed by atoms with Crippen LogP contribution in [0.1, 0.15) is 12.5 Å². The lowest BCUT2D eigenvalue weighted by Gasteiger charge is -2.10. The highest BCUT2D eigenvalue weighted by Crippen LogP contribution is 2.26. The number of phenols is 1. The van der Waals surface area contributed by atoms with Gasteiger partial charge in [-0.2, -0.15) is 5.10 Å². The molecule has 6 nitrogen and oxygen atoms in total. The molecule has 2 aromatic carbocycles. The van der Waals surface area contributed by atoms with E-state index in [1.165, 1.54) is 18.3 Å². The Morgan fingerprint density at radius 2 is 1.96 bits per heavy atom. The second kappa shape index (κ2) is 8.79. The molecule has 0 unspecified atom stereocenters. The van der Waals surface area contributed by atoms with Gasteiger partial charge < -0.3 is 14.6 Å². The second-order valence-corrected chi connectivity index (χ2v) is 5.10. The number of carbonyl (C=O) groups is 1. The van der Waals surface area contributed by atoms with Crippen LogP contribution in [-0.4, -0.2) is 30.4 Å². The van der Waals surface area contributed by atoms with Gasteiger partial charge in [0.15, 0.2) is 18.1 Å². The molecular weight excluding hydrogens is 332 g/mol. The fourth-order valence-electron chi connectivity index (χ4n) is 1.82. The van der Waals surface area contributed by atoms with E-state index in [4.69, 9.17) is 21.1 Å². The number of phenolic OH excluding ortho intramolecular Hbond substituents is 1. The summed E-state index contributed by atoms with van der Waals surface area (Å²) in [5.74, 6) is 0.615. The second-order valence-electron chi connectivity index (χ2n) is 4.66. The molecule has 0 radical (unpaired) electrons. The van der Waals surface area contributed by atoms with Gasteiger partial charge in [0.2, 0.25) is 0 Å². The van der Waals surface area contributed by atoms with Crippen molar-refractivity contribution in [2.45, 2.75) is 6.92 Å². The number of amides is 1. The summed E-state index contributed by atoms with van der Waals surface area (Å²) in [5, 5.41) is 13.8. The molecule has 0 fully saturated rings.